The molecule has 16 heavy (non-hydrogen) atoms. The largest absolute Gasteiger partial charge is 0.370 e. The summed E-state index contributed by atoms with van der Waals surface area (Å²) in [5, 5.41) is 3.28. The van der Waals surface area contributed by atoms with E-state index in [9.17, 15) is 0 Å². The first-order valence-corrected chi connectivity index (χ1v) is 5.90. The van der Waals surface area contributed by atoms with Gasteiger partial charge in [-0.1, -0.05) is 18.2 Å². The van der Waals surface area contributed by atoms with Gasteiger partial charge in [-0.15, -0.1) is 0 Å². The van der Waals surface area contributed by atoms with E-state index in [-0.39, 0.29) is 0 Å². The fraction of sp³-hybridized carbons (Fsp3) is 0.462. The van der Waals surface area contributed by atoms with Crippen LogP contribution in [0.4, 0.5) is 0 Å². The molecule has 0 aromatic heterocycles. The van der Waals surface area contributed by atoms with Crippen molar-refractivity contribution in [2.75, 3.05) is 6.54 Å². The molecule has 84 valence electrons. The summed E-state index contributed by atoms with van der Waals surface area (Å²) in [4.78, 5) is 4.24. The van der Waals surface area contributed by atoms with Gasteiger partial charge in [0.05, 0.1) is 12.6 Å². The number of nitrogens with one attached hydrogen (secondary N) is 1. The number of benzene rings is 1. The number of guanidine groups is 1. The fourth-order valence-corrected chi connectivity index (χ4v) is 2.99. The van der Waals surface area contributed by atoms with Gasteiger partial charge in [0, 0.05) is 5.92 Å². The van der Waals surface area contributed by atoms with E-state index in [2.05, 4.69) is 35.4 Å². The molecule has 2 atom stereocenters. The number of fused-ring (bicyclic) bond motifs is 1. The summed E-state index contributed by atoms with van der Waals surface area (Å²) < 4.78 is 0. The van der Waals surface area contributed by atoms with E-state index < -0.39 is 0 Å². The first-order valence-electron chi connectivity index (χ1n) is 5.90. The Labute approximate surface area is 95.8 Å². The maximum Gasteiger partial charge on any atom is 0.188 e. The Bertz CT molecular complexity index is 450. The van der Waals surface area contributed by atoms with Gasteiger partial charge in [-0.2, -0.15) is 0 Å². The van der Waals surface area contributed by atoms with Crippen molar-refractivity contribution in [2.24, 2.45) is 10.7 Å². The second kappa shape index (κ2) is 3.51. The Balaban J connectivity index is 1.89. The minimum Gasteiger partial charge on any atom is -0.370 e. The molecule has 0 radical (unpaired) electrons. The summed E-state index contributed by atoms with van der Waals surface area (Å²) in [7, 11) is 0. The lowest BCUT2D eigenvalue weighted by atomic mass is 9.93. The SMILES string of the molecule is Cc1cccc2c1CCC2C1CN=C(N)N1. The van der Waals surface area contributed by atoms with E-state index >= 15 is 0 Å². The van der Waals surface area contributed by atoms with Crippen LogP contribution in [-0.4, -0.2) is 18.5 Å². The van der Waals surface area contributed by atoms with Crippen LogP contribution in [0.3, 0.4) is 0 Å². The van der Waals surface area contributed by atoms with Crippen LogP contribution in [0.5, 0.6) is 0 Å². The van der Waals surface area contributed by atoms with E-state index in [1.165, 1.54) is 24.0 Å². The second-order valence-electron chi connectivity index (χ2n) is 4.76. The van der Waals surface area contributed by atoms with E-state index in [0.717, 1.165) is 6.54 Å². The first-order chi connectivity index (χ1) is 7.75. The zero-order valence-electron chi connectivity index (χ0n) is 9.53. The van der Waals surface area contributed by atoms with Gasteiger partial charge in [0.1, 0.15) is 0 Å². The predicted octanol–water partition coefficient (Wildman–Crippen LogP) is 1.31. The van der Waals surface area contributed by atoms with Crippen molar-refractivity contribution < 1.29 is 0 Å². The number of hydrogen-bond donors (Lipinski definition) is 2. The molecule has 0 amide bonds. The van der Waals surface area contributed by atoms with Gasteiger partial charge in [0.15, 0.2) is 5.96 Å². The Morgan fingerprint density at radius 3 is 3.06 bits per heavy atom. The average molecular weight is 215 g/mol. The Morgan fingerprint density at radius 1 is 1.44 bits per heavy atom. The average Bonchev–Trinajstić information content (AvgIpc) is 2.84. The first kappa shape index (κ1) is 9.70. The van der Waals surface area contributed by atoms with Gasteiger partial charge in [-0.25, -0.2) is 0 Å². The highest BCUT2D eigenvalue weighted by atomic mass is 15.2. The number of rotatable bonds is 1. The summed E-state index contributed by atoms with van der Waals surface area (Å²) in [5.41, 5.74) is 10.1. The van der Waals surface area contributed by atoms with Gasteiger partial charge in [-0.3, -0.25) is 4.99 Å². The van der Waals surface area contributed by atoms with E-state index in [4.69, 9.17) is 5.73 Å². The Kier molecular flexibility index (Phi) is 2.13. The van der Waals surface area contributed by atoms with Crippen LogP contribution in [0.2, 0.25) is 0 Å². The van der Waals surface area contributed by atoms with Gasteiger partial charge < -0.3 is 11.1 Å². The zero-order chi connectivity index (χ0) is 11.1. The summed E-state index contributed by atoms with van der Waals surface area (Å²) in [6.45, 7) is 3.03. The quantitative estimate of drug-likeness (QED) is 0.742. The van der Waals surface area contributed by atoms with Crippen LogP contribution in [0.1, 0.15) is 29.0 Å². The third-order valence-electron chi connectivity index (χ3n) is 3.83. The predicted molar refractivity (Wildman–Crippen MR) is 65.7 cm³/mol. The lowest BCUT2D eigenvalue weighted by Gasteiger charge is -2.19. The molecule has 2 unspecified atom stereocenters. The molecule has 0 saturated carbocycles. The molecular weight excluding hydrogens is 198 g/mol. The van der Waals surface area contributed by atoms with Crippen molar-refractivity contribution in [3.05, 3.63) is 34.9 Å². The lowest BCUT2D eigenvalue weighted by molar-refractivity contribution is 0.517. The topological polar surface area (TPSA) is 50.4 Å². The summed E-state index contributed by atoms with van der Waals surface area (Å²) in [5.74, 6) is 1.19. The second-order valence-corrected chi connectivity index (χ2v) is 4.76. The summed E-state index contributed by atoms with van der Waals surface area (Å²) in [6.07, 6.45) is 2.42. The normalized spacial score (nSPS) is 27.4. The smallest absolute Gasteiger partial charge is 0.188 e. The van der Waals surface area contributed by atoms with Crippen LogP contribution in [-0.2, 0) is 6.42 Å². The van der Waals surface area contributed by atoms with Gasteiger partial charge in [0.25, 0.3) is 0 Å². The molecule has 3 heteroatoms. The fourth-order valence-electron chi connectivity index (χ4n) is 2.99. The zero-order valence-corrected chi connectivity index (χ0v) is 9.53. The van der Waals surface area contributed by atoms with Crippen LogP contribution >= 0.6 is 0 Å². The van der Waals surface area contributed by atoms with Crippen LogP contribution < -0.4 is 11.1 Å². The summed E-state index contributed by atoms with van der Waals surface area (Å²) >= 11 is 0. The summed E-state index contributed by atoms with van der Waals surface area (Å²) in [6, 6.07) is 7.03. The van der Waals surface area contributed by atoms with Gasteiger partial charge in [-0.05, 0) is 36.5 Å². The molecule has 1 heterocycles. The van der Waals surface area contributed by atoms with Gasteiger partial charge >= 0.3 is 0 Å². The van der Waals surface area contributed by atoms with Crippen molar-refractivity contribution in [3.63, 3.8) is 0 Å². The molecule has 1 aromatic carbocycles. The Morgan fingerprint density at radius 2 is 2.31 bits per heavy atom. The maximum atomic E-state index is 5.68. The minimum atomic E-state index is 0.406. The van der Waals surface area contributed by atoms with Gasteiger partial charge in [0.2, 0.25) is 0 Å². The molecule has 3 N–H and O–H groups in total. The van der Waals surface area contributed by atoms with Crippen molar-refractivity contribution in [2.45, 2.75) is 31.7 Å². The number of nitrogens with two attached hydrogens (primary N) is 1. The highest BCUT2D eigenvalue weighted by Gasteiger charge is 2.32. The van der Waals surface area contributed by atoms with Crippen molar-refractivity contribution in [1.29, 1.82) is 0 Å². The molecule has 1 aromatic rings. The number of hydrogen-bond acceptors (Lipinski definition) is 3. The highest BCUT2D eigenvalue weighted by Crippen LogP contribution is 2.37. The number of nitrogens with zero attached hydrogens (tertiary/aromatic N) is 1. The maximum absolute atomic E-state index is 5.68. The van der Waals surface area contributed by atoms with Crippen molar-refractivity contribution in [1.82, 2.24) is 5.32 Å². The molecule has 0 bridgehead atoms. The molecule has 3 rings (SSSR count). The molecule has 2 aliphatic rings. The molecular formula is C13H17N3. The van der Waals surface area contributed by atoms with Crippen molar-refractivity contribution in [3.8, 4) is 0 Å². The lowest BCUT2D eigenvalue weighted by Crippen LogP contribution is -2.38. The third-order valence-corrected chi connectivity index (χ3v) is 3.83. The van der Waals surface area contributed by atoms with E-state index in [1.54, 1.807) is 5.56 Å². The molecule has 0 saturated heterocycles. The third kappa shape index (κ3) is 1.39. The molecule has 1 aliphatic heterocycles. The molecule has 1 aliphatic carbocycles. The van der Waals surface area contributed by atoms with Crippen LogP contribution in [0.25, 0.3) is 0 Å². The monoisotopic (exact) mass is 215 g/mol. The number of aryl methyl sites for hydroxylation is 1. The number of aliphatic imine (C=N–C) groups is 1. The van der Waals surface area contributed by atoms with Crippen molar-refractivity contribution >= 4 is 5.96 Å². The van der Waals surface area contributed by atoms with E-state index in [0.29, 0.717) is 17.9 Å². The van der Waals surface area contributed by atoms with E-state index in [1.807, 2.05) is 0 Å². The standard InChI is InChI=1S/C13H17N3/c1-8-3-2-4-10-9(8)5-6-11(10)12-7-15-13(14)16-12/h2-4,11-12H,5-7H2,1H3,(H3,14,15,16). The molecule has 0 spiro atoms. The molecule has 3 nitrogen and oxygen atoms in total. The highest BCUT2D eigenvalue weighted by molar-refractivity contribution is 5.80. The molecule has 0 fully saturated rings. The van der Waals surface area contributed by atoms with Crippen LogP contribution in [0.15, 0.2) is 23.2 Å². The minimum absolute atomic E-state index is 0.406. The Hall–Kier alpha value is -1.51. The van der Waals surface area contributed by atoms with Crippen LogP contribution in [0, 0.1) is 6.92 Å².